The fourth-order valence-corrected chi connectivity index (χ4v) is 6.07. The van der Waals surface area contributed by atoms with Crippen molar-refractivity contribution in [3.05, 3.63) is 57.6 Å². The Labute approximate surface area is 176 Å². The molecule has 0 amide bonds. The second-order valence-electron chi connectivity index (χ2n) is 8.16. The summed E-state index contributed by atoms with van der Waals surface area (Å²) in [5, 5.41) is 0.547. The standard InChI is InChI=1S/C22H24ClNO4S/c1-14-4-5-21(16(3)10-14)29(26,27)24-8-6-22(7-9-24)13-19(25)17-12-18(23)15(2)11-20(17)28-22/h4-5,10-12H,6-9,13H2,1-3H3. The number of hydrogen-bond acceptors (Lipinski definition) is 4. The van der Waals surface area contributed by atoms with Crippen LogP contribution in [-0.4, -0.2) is 37.2 Å². The summed E-state index contributed by atoms with van der Waals surface area (Å²) < 4.78 is 34.1. The Morgan fingerprint density at radius 1 is 1.03 bits per heavy atom. The number of rotatable bonds is 2. The number of hydrogen-bond donors (Lipinski definition) is 0. The Kier molecular flexibility index (Phi) is 5.00. The lowest BCUT2D eigenvalue weighted by Gasteiger charge is -2.43. The summed E-state index contributed by atoms with van der Waals surface area (Å²) in [6, 6.07) is 8.84. The minimum atomic E-state index is -3.58. The van der Waals surface area contributed by atoms with E-state index in [9.17, 15) is 13.2 Å². The van der Waals surface area contributed by atoms with Gasteiger partial charge in [-0.2, -0.15) is 4.31 Å². The van der Waals surface area contributed by atoms with Gasteiger partial charge in [-0.15, -0.1) is 0 Å². The number of ether oxygens (including phenoxy) is 1. The molecule has 0 atom stereocenters. The fraction of sp³-hybridized carbons (Fsp3) is 0.409. The van der Waals surface area contributed by atoms with E-state index in [1.165, 1.54) is 4.31 Å². The summed E-state index contributed by atoms with van der Waals surface area (Å²) in [6.07, 6.45) is 1.20. The molecule has 0 aliphatic carbocycles. The van der Waals surface area contributed by atoms with Gasteiger partial charge in [0, 0.05) is 31.0 Å². The summed E-state index contributed by atoms with van der Waals surface area (Å²) >= 11 is 6.16. The largest absolute Gasteiger partial charge is 0.486 e. The monoisotopic (exact) mass is 433 g/mol. The second-order valence-corrected chi connectivity index (χ2v) is 10.5. The summed E-state index contributed by atoms with van der Waals surface area (Å²) in [4.78, 5) is 13.1. The van der Waals surface area contributed by atoms with E-state index in [2.05, 4.69) is 0 Å². The molecule has 4 rings (SSSR count). The van der Waals surface area contributed by atoms with Crippen LogP contribution in [0.15, 0.2) is 35.2 Å². The van der Waals surface area contributed by atoms with Crippen LogP contribution in [0.25, 0.3) is 0 Å². The maximum atomic E-state index is 13.1. The zero-order valence-electron chi connectivity index (χ0n) is 16.8. The Morgan fingerprint density at radius 2 is 1.72 bits per heavy atom. The molecule has 29 heavy (non-hydrogen) atoms. The van der Waals surface area contributed by atoms with E-state index in [-0.39, 0.29) is 12.2 Å². The van der Waals surface area contributed by atoms with Crippen molar-refractivity contribution in [2.75, 3.05) is 13.1 Å². The number of carbonyl (C=O) groups is 1. The van der Waals surface area contributed by atoms with Crippen LogP contribution in [-0.2, 0) is 10.0 Å². The summed E-state index contributed by atoms with van der Waals surface area (Å²) in [5.74, 6) is 0.549. The zero-order chi connectivity index (χ0) is 21.0. The van der Waals surface area contributed by atoms with Gasteiger partial charge >= 0.3 is 0 Å². The third kappa shape index (κ3) is 3.58. The molecule has 0 unspecified atom stereocenters. The van der Waals surface area contributed by atoms with Crippen molar-refractivity contribution >= 4 is 27.4 Å². The number of ketones is 1. The molecule has 1 fully saturated rings. The molecule has 2 aromatic rings. The third-order valence-electron chi connectivity index (χ3n) is 5.95. The lowest BCUT2D eigenvalue weighted by molar-refractivity contribution is 0.00588. The lowest BCUT2D eigenvalue weighted by atomic mass is 9.83. The van der Waals surface area contributed by atoms with E-state index in [1.807, 2.05) is 32.9 Å². The first-order valence-corrected chi connectivity index (χ1v) is 11.5. The van der Waals surface area contributed by atoms with Gasteiger partial charge in [-0.25, -0.2) is 8.42 Å². The minimum Gasteiger partial charge on any atom is -0.486 e. The fourth-order valence-electron chi connectivity index (χ4n) is 4.26. The van der Waals surface area contributed by atoms with E-state index in [0.717, 1.165) is 16.7 Å². The SMILES string of the molecule is Cc1ccc(S(=O)(=O)N2CCC3(CC2)CC(=O)c2cc(Cl)c(C)cc2O3)c(C)c1. The molecule has 2 heterocycles. The maximum absolute atomic E-state index is 13.1. The molecule has 2 aliphatic heterocycles. The van der Waals surface area contributed by atoms with Gasteiger partial charge in [0.05, 0.1) is 16.9 Å². The molecule has 0 radical (unpaired) electrons. The molecule has 0 saturated carbocycles. The number of nitrogens with zero attached hydrogens (tertiary/aromatic N) is 1. The highest BCUT2D eigenvalue weighted by molar-refractivity contribution is 7.89. The maximum Gasteiger partial charge on any atom is 0.243 e. The van der Waals surface area contributed by atoms with E-state index < -0.39 is 15.6 Å². The molecule has 5 nitrogen and oxygen atoms in total. The molecule has 1 saturated heterocycles. The molecule has 0 bridgehead atoms. The number of aryl methyl sites for hydroxylation is 3. The highest BCUT2D eigenvalue weighted by atomic mass is 35.5. The van der Waals surface area contributed by atoms with Crippen LogP contribution in [0.4, 0.5) is 0 Å². The number of halogens is 1. The van der Waals surface area contributed by atoms with Gasteiger partial charge in [0.1, 0.15) is 11.4 Å². The van der Waals surface area contributed by atoms with Crippen LogP contribution in [0.5, 0.6) is 5.75 Å². The smallest absolute Gasteiger partial charge is 0.243 e. The average Bonchev–Trinajstić information content (AvgIpc) is 2.63. The number of carbonyl (C=O) groups excluding carboxylic acids is 1. The molecule has 154 valence electrons. The Balaban J connectivity index is 1.56. The number of benzene rings is 2. The van der Waals surface area contributed by atoms with Crippen molar-refractivity contribution in [1.29, 1.82) is 0 Å². The normalized spacial score (nSPS) is 19.1. The van der Waals surface area contributed by atoms with Gasteiger partial charge < -0.3 is 4.74 Å². The van der Waals surface area contributed by atoms with Crippen LogP contribution >= 0.6 is 11.6 Å². The molecule has 2 aliphatic rings. The van der Waals surface area contributed by atoms with Gasteiger partial charge in [-0.1, -0.05) is 29.3 Å². The highest BCUT2D eigenvalue weighted by Crippen LogP contribution is 2.42. The van der Waals surface area contributed by atoms with Crippen molar-refractivity contribution < 1.29 is 17.9 Å². The summed E-state index contributed by atoms with van der Waals surface area (Å²) in [6.45, 7) is 6.28. The number of fused-ring (bicyclic) bond motifs is 1. The molecule has 1 spiro atoms. The van der Waals surface area contributed by atoms with Crippen LogP contribution in [0, 0.1) is 20.8 Å². The first-order chi connectivity index (χ1) is 13.6. The minimum absolute atomic E-state index is 0.00108. The first-order valence-electron chi connectivity index (χ1n) is 9.71. The third-order valence-corrected chi connectivity index (χ3v) is 8.42. The summed E-state index contributed by atoms with van der Waals surface area (Å²) in [7, 11) is -3.58. The molecular weight excluding hydrogens is 410 g/mol. The van der Waals surface area contributed by atoms with Crippen molar-refractivity contribution in [3.8, 4) is 5.75 Å². The van der Waals surface area contributed by atoms with Gasteiger partial charge in [-0.3, -0.25) is 4.79 Å². The molecule has 0 aromatic heterocycles. The average molecular weight is 434 g/mol. The van der Waals surface area contributed by atoms with E-state index in [1.54, 1.807) is 18.2 Å². The summed E-state index contributed by atoms with van der Waals surface area (Å²) in [5.41, 5.74) is 2.48. The predicted molar refractivity (Wildman–Crippen MR) is 112 cm³/mol. The number of piperidine rings is 1. The zero-order valence-corrected chi connectivity index (χ0v) is 18.4. The number of Topliss-reactive ketones (excluding diaryl/α,β-unsaturated/α-hetero) is 1. The van der Waals surface area contributed by atoms with Crippen molar-refractivity contribution in [2.45, 2.75) is 50.5 Å². The van der Waals surface area contributed by atoms with Gasteiger partial charge in [0.25, 0.3) is 0 Å². The number of sulfonamides is 1. The second kappa shape index (κ2) is 7.11. The van der Waals surface area contributed by atoms with Gasteiger partial charge in [-0.05, 0) is 50.1 Å². The molecular formula is C22H24ClNO4S. The highest BCUT2D eigenvalue weighted by Gasteiger charge is 2.45. The van der Waals surface area contributed by atoms with Crippen LogP contribution in [0.1, 0.15) is 46.3 Å². The Hall–Kier alpha value is -1.89. The van der Waals surface area contributed by atoms with Crippen molar-refractivity contribution in [3.63, 3.8) is 0 Å². The predicted octanol–water partition coefficient (Wildman–Crippen LogP) is 4.45. The topological polar surface area (TPSA) is 63.7 Å². The van der Waals surface area contributed by atoms with Gasteiger partial charge in [0.15, 0.2) is 5.78 Å². The Morgan fingerprint density at radius 3 is 2.38 bits per heavy atom. The van der Waals surface area contributed by atoms with Crippen LogP contribution < -0.4 is 4.74 Å². The first kappa shape index (κ1) is 20.4. The quantitative estimate of drug-likeness (QED) is 0.701. The van der Waals surface area contributed by atoms with Crippen LogP contribution in [0.2, 0.25) is 5.02 Å². The van der Waals surface area contributed by atoms with Crippen molar-refractivity contribution in [2.24, 2.45) is 0 Å². The van der Waals surface area contributed by atoms with Crippen molar-refractivity contribution in [1.82, 2.24) is 4.31 Å². The van der Waals surface area contributed by atoms with Gasteiger partial charge in [0.2, 0.25) is 10.0 Å². The van der Waals surface area contributed by atoms with E-state index in [0.29, 0.717) is 47.2 Å². The lowest BCUT2D eigenvalue weighted by Crippen LogP contribution is -2.52. The molecule has 7 heteroatoms. The van der Waals surface area contributed by atoms with E-state index >= 15 is 0 Å². The Bertz CT molecular complexity index is 1100. The van der Waals surface area contributed by atoms with Crippen LogP contribution in [0.3, 0.4) is 0 Å². The van der Waals surface area contributed by atoms with E-state index in [4.69, 9.17) is 16.3 Å². The molecule has 0 N–H and O–H groups in total. The molecule has 2 aromatic carbocycles.